The number of likely N-dealkylation sites (N-methyl/N-ethyl adjacent to an activating group) is 1. The second kappa shape index (κ2) is 19.1. The van der Waals surface area contributed by atoms with Crippen LogP contribution in [0.4, 0.5) is 0 Å². The zero-order valence-corrected chi connectivity index (χ0v) is 20.6. The third-order valence-corrected chi connectivity index (χ3v) is 5.06. The van der Waals surface area contributed by atoms with E-state index in [9.17, 15) is 9.59 Å². The molecule has 5 heteroatoms. The van der Waals surface area contributed by atoms with Crippen LogP contribution in [0.5, 0.6) is 0 Å². The number of ether oxygens (including phenoxy) is 1. The molecule has 5 nitrogen and oxygen atoms in total. The lowest BCUT2D eigenvalue weighted by molar-refractivity contribution is -0.873. The fourth-order valence-electron chi connectivity index (χ4n) is 3.47. The molecule has 0 aromatic heterocycles. The first kappa shape index (κ1) is 29.4. The van der Waals surface area contributed by atoms with Crippen LogP contribution in [-0.2, 0) is 14.3 Å². The molecule has 0 aromatic rings. The summed E-state index contributed by atoms with van der Waals surface area (Å²) in [6.07, 6.45) is 22.8. The Morgan fingerprint density at radius 3 is 1.87 bits per heavy atom. The number of hydrogen-bond donors (Lipinski definition) is 1. The van der Waals surface area contributed by atoms with Crippen LogP contribution in [0, 0.1) is 0 Å². The van der Waals surface area contributed by atoms with Gasteiger partial charge in [-0.15, -0.1) is 0 Å². The molecule has 1 atom stereocenters. The maximum absolute atomic E-state index is 12.0. The van der Waals surface area contributed by atoms with Crippen LogP contribution in [0.2, 0.25) is 0 Å². The van der Waals surface area contributed by atoms with E-state index in [1.165, 1.54) is 44.9 Å². The highest BCUT2D eigenvalue weighted by molar-refractivity contribution is 5.71. The molecule has 0 amide bonds. The lowest BCUT2D eigenvalue weighted by Crippen LogP contribution is -2.43. The highest BCUT2D eigenvalue weighted by Crippen LogP contribution is 2.10. The SMILES string of the molecule is CCCCCCCCC/C=C/C=C/CCCCCC(=O)OC(CC(=O)O)C[N+](C)(C)C. The minimum atomic E-state index is -0.936. The summed E-state index contributed by atoms with van der Waals surface area (Å²) in [6, 6.07) is 0. The summed E-state index contributed by atoms with van der Waals surface area (Å²) >= 11 is 0. The van der Waals surface area contributed by atoms with Gasteiger partial charge in [0.05, 0.1) is 27.6 Å². The van der Waals surface area contributed by atoms with Crippen LogP contribution >= 0.6 is 0 Å². The van der Waals surface area contributed by atoms with Gasteiger partial charge >= 0.3 is 11.9 Å². The number of quaternary nitrogens is 1. The number of allylic oxidation sites excluding steroid dienone is 4. The highest BCUT2D eigenvalue weighted by Gasteiger charge is 2.24. The number of carbonyl (C=O) groups is 2. The normalized spacial score (nSPS) is 13.2. The quantitative estimate of drug-likeness (QED) is 0.105. The summed E-state index contributed by atoms with van der Waals surface area (Å²) < 4.78 is 5.96. The van der Waals surface area contributed by atoms with Crippen LogP contribution in [0.25, 0.3) is 0 Å². The van der Waals surface area contributed by atoms with Crippen LogP contribution in [0.15, 0.2) is 24.3 Å². The van der Waals surface area contributed by atoms with Crippen molar-refractivity contribution in [2.45, 2.75) is 103 Å². The van der Waals surface area contributed by atoms with E-state index in [0.29, 0.717) is 17.4 Å². The molecule has 0 radical (unpaired) electrons. The molecule has 0 aliphatic rings. The molecular weight excluding hydrogens is 390 g/mol. The molecule has 0 aliphatic carbocycles. The molecule has 0 saturated carbocycles. The summed E-state index contributed by atoms with van der Waals surface area (Å²) in [4.78, 5) is 23.0. The molecule has 0 rings (SSSR count). The van der Waals surface area contributed by atoms with Crippen LogP contribution in [-0.4, -0.2) is 55.3 Å². The highest BCUT2D eigenvalue weighted by atomic mass is 16.5. The van der Waals surface area contributed by atoms with Crippen LogP contribution < -0.4 is 0 Å². The number of unbranched alkanes of at least 4 members (excludes halogenated alkanes) is 10. The maximum atomic E-state index is 12.0. The monoisotopic (exact) mass is 438 g/mol. The van der Waals surface area contributed by atoms with Crippen molar-refractivity contribution < 1.29 is 23.9 Å². The van der Waals surface area contributed by atoms with Gasteiger partial charge in [-0.1, -0.05) is 76.2 Å². The lowest BCUT2D eigenvalue weighted by Gasteiger charge is -2.28. The van der Waals surface area contributed by atoms with Crippen molar-refractivity contribution in [3.8, 4) is 0 Å². The van der Waals surface area contributed by atoms with Crippen LogP contribution in [0.3, 0.4) is 0 Å². The van der Waals surface area contributed by atoms with Crippen molar-refractivity contribution in [2.24, 2.45) is 0 Å². The molecule has 1 N–H and O–H groups in total. The molecule has 0 aromatic carbocycles. The van der Waals surface area contributed by atoms with Crippen molar-refractivity contribution in [1.29, 1.82) is 0 Å². The van der Waals surface area contributed by atoms with Gasteiger partial charge in [0, 0.05) is 6.42 Å². The van der Waals surface area contributed by atoms with E-state index in [2.05, 4.69) is 31.2 Å². The fraction of sp³-hybridized carbons (Fsp3) is 0.769. The van der Waals surface area contributed by atoms with Gasteiger partial charge in [-0.3, -0.25) is 9.59 Å². The molecular formula is C26H48NO4+. The number of rotatable bonds is 20. The van der Waals surface area contributed by atoms with Gasteiger partial charge in [0.25, 0.3) is 0 Å². The maximum Gasteiger partial charge on any atom is 0.307 e. The number of carboxylic acids is 1. The standard InChI is InChI=1S/C26H47NO4/c1-5-6-7-8-9-10-11-12-13-14-15-16-17-18-19-20-21-26(30)31-24(22-25(28)29)23-27(2,3)4/h13-16,24H,5-12,17-23H2,1-4H3/p+1/b14-13+,16-15+. The van der Waals surface area contributed by atoms with Crippen molar-refractivity contribution in [3.63, 3.8) is 0 Å². The van der Waals surface area contributed by atoms with Gasteiger partial charge < -0.3 is 14.3 Å². The minimum absolute atomic E-state index is 0.140. The lowest BCUT2D eigenvalue weighted by atomic mass is 10.1. The Kier molecular flexibility index (Phi) is 18.1. The van der Waals surface area contributed by atoms with Gasteiger partial charge in [0.1, 0.15) is 6.54 Å². The van der Waals surface area contributed by atoms with E-state index in [-0.39, 0.29) is 12.4 Å². The van der Waals surface area contributed by atoms with E-state index >= 15 is 0 Å². The molecule has 0 aliphatic heterocycles. The summed E-state index contributed by atoms with van der Waals surface area (Å²) in [5.74, 6) is -1.22. The molecule has 180 valence electrons. The van der Waals surface area contributed by atoms with Crippen molar-refractivity contribution in [3.05, 3.63) is 24.3 Å². The first-order valence-electron chi connectivity index (χ1n) is 12.3. The number of carbonyl (C=O) groups excluding carboxylic acids is 1. The Labute approximate surface area is 191 Å². The minimum Gasteiger partial charge on any atom is -0.481 e. The van der Waals surface area contributed by atoms with Gasteiger partial charge in [0.15, 0.2) is 6.10 Å². The van der Waals surface area contributed by atoms with Crippen molar-refractivity contribution in [1.82, 2.24) is 0 Å². The molecule has 0 heterocycles. The van der Waals surface area contributed by atoms with Gasteiger partial charge in [0.2, 0.25) is 0 Å². The third kappa shape index (κ3) is 22.9. The van der Waals surface area contributed by atoms with Gasteiger partial charge in [-0.2, -0.15) is 0 Å². The number of carboxylic acid groups (broad SMARTS) is 1. The van der Waals surface area contributed by atoms with E-state index in [1.807, 2.05) is 21.1 Å². The first-order valence-corrected chi connectivity index (χ1v) is 12.3. The number of esters is 1. The second-order valence-corrected chi connectivity index (χ2v) is 9.55. The Morgan fingerprint density at radius 2 is 1.35 bits per heavy atom. The zero-order valence-electron chi connectivity index (χ0n) is 20.6. The molecule has 0 saturated heterocycles. The first-order chi connectivity index (χ1) is 14.7. The predicted molar refractivity (Wildman–Crippen MR) is 129 cm³/mol. The Morgan fingerprint density at radius 1 is 0.839 bits per heavy atom. The molecule has 1 unspecified atom stereocenters. The largest absolute Gasteiger partial charge is 0.481 e. The fourth-order valence-corrected chi connectivity index (χ4v) is 3.47. The summed E-state index contributed by atoms with van der Waals surface area (Å²) in [6.45, 7) is 2.75. The number of aliphatic carboxylic acids is 1. The zero-order chi connectivity index (χ0) is 23.4. The summed E-state index contributed by atoms with van der Waals surface area (Å²) in [5.41, 5.74) is 0. The third-order valence-electron chi connectivity index (χ3n) is 5.06. The molecule has 0 bridgehead atoms. The van der Waals surface area contributed by atoms with Gasteiger partial charge in [-0.05, 0) is 32.1 Å². The smallest absolute Gasteiger partial charge is 0.307 e. The summed E-state index contributed by atoms with van der Waals surface area (Å²) in [7, 11) is 5.88. The average Bonchev–Trinajstić information content (AvgIpc) is 2.65. The van der Waals surface area contributed by atoms with E-state index in [1.54, 1.807) is 0 Å². The number of hydrogen-bond acceptors (Lipinski definition) is 3. The van der Waals surface area contributed by atoms with E-state index in [4.69, 9.17) is 9.84 Å². The topological polar surface area (TPSA) is 63.6 Å². The van der Waals surface area contributed by atoms with E-state index in [0.717, 1.165) is 32.1 Å². The Bertz CT molecular complexity index is 520. The summed E-state index contributed by atoms with van der Waals surface area (Å²) in [5, 5.41) is 9.01. The predicted octanol–water partition coefficient (Wildman–Crippen LogP) is 6.28. The van der Waals surface area contributed by atoms with E-state index < -0.39 is 12.1 Å². The molecule has 31 heavy (non-hydrogen) atoms. The average molecular weight is 439 g/mol. The number of nitrogens with zero attached hydrogens (tertiary/aromatic N) is 1. The van der Waals surface area contributed by atoms with Crippen molar-refractivity contribution >= 4 is 11.9 Å². The second-order valence-electron chi connectivity index (χ2n) is 9.55. The van der Waals surface area contributed by atoms with Crippen LogP contribution in [0.1, 0.15) is 96.8 Å². The van der Waals surface area contributed by atoms with Gasteiger partial charge in [-0.25, -0.2) is 0 Å². The molecule has 0 spiro atoms. The Balaban J connectivity index is 3.73. The molecule has 0 fully saturated rings. The Hall–Kier alpha value is -1.62. The van der Waals surface area contributed by atoms with Crippen molar-refractivity contribution in [2.75, 3.05) is 27.7 Å².